The maximum Gasteiger partial charge on any atom is 0.311 e. The van der Waals surface area contributed by atoms with Crippen molar-refractivity contribution in [2.24, 2.45) is 5.41 Å². The largest absolute Gasteiger partial charge is 0.487 e. The first kappa shape index (κ1) is 15.3. The van der Waals surface area contributed by atoms with Crippen LogP contribution in [-0.4, -0.2) is 18.1 Å². The summed E-state index contributed by atoms with van der Waals surface area (Å²) in [4.78, 5) is 10.5. The van der Waals surface area contributed by atoms with E-state index in [2.05, 4.69) is 26.1 Å². The van der Waals surface area contributed by atoms with Crippen molar-refractivity contribution in [2.75, 3.05) is 18.5 Å². The first-order chi connectivity index (χ1) is 8.89. The van der Waals surface area contributed by atoms with Gasteiger partial charge in [0, 0.05) is 24.4 Å². The van der Waals surface area contributed by atoms with Crippen LogP contribution >= 0.6 is 0 Å². The third kappa shape index (κ3) is 4.43. The molecule has 5 heteroatoms. The molecule has 1 aromatic carbocycles. The Labute approximate surface area is 114 Å². The molecule has 0 atom stereocenters. The Kier molecular flexibility index (Phi) is 5.15. The van der Waals surface area contributed by atoms with Gasteiger partial charge in [-0.2, -0.15) is 0 Å². The number of benzene rings is 1. The molecule has 0 heterocycles. The van der Waals surface area contributed by atoms with E-state index in [-0.39, 0.29) is 11.1 Å². The van der Waals surface area contributed by atoms with E-state index in [9.17, 15) is 10.1 Å². The quantitative estimate of drug-likeness (QED) is 0.601. The Hall–Kier alpha value is -1.78. The summed E-state index contributed by atoms with van der Waals surface area (Å²) in [5.74, 6) is 0.312. The van der Waals surface area contributed by atoms with Gasteiger partial charge < -0.3 is 10.1 Å². The van der Waals surface area contributed by atoms with Crippen molar-refractivity contribution >= 4 is 11.4 Å². The fourth-order valence-corrected chi connectivity index (χ4v) is 1.51. The van der Waals surface area contributed by atoms with Gasteiger partial charge in [-0.3, -0.25) is 10.1 Å². The molecule has 0 unspecified atom stereocenters. The highest BCUT2D eigenvalue weighted by molar-refractivity contribution is 5.58. The number of nitrogens with one attached hydrogen (secondary N) is 1. The second kappa shape index (κ2) is 6.41. The lowest BCUT2D eigenvalue weighted by molar-refractivity contribution is -0.385. The van der Waals surface area contributed by atoms with E-state index in [4.69, 9.17) is 4.74 Å². The molecule has 0 aliphatic carbocycles. The minimum atomic E-state index is -0.426. The number of nitro benzene ring substituents is 1. The molecule has 0 saturated carbocycles. The number of anilines is 1. The van der Waals surface area contributed by atoms with Gasteiger partial charge >= 0.3 is 5.69 Å². The van der Waals surface area contributed by atoms with E-state index >= 15 is 0 Å². The van der Waals surface area contributed by atoms with Crippen LogP contribution in [0.4, 0.5) is 11.4 Å². The molecular weight excluding hydrogens is 244 g/mol. The molecule has 0 saturated heterocycles. The Bertz CT molecular complexity index is 444. The highest BCUT2D eigenvalue weighted by atomic mass is 16.6. The molecule has 0 aromatic heterocycles. The van der Waals surface area contributed by atoms with Crippen molar-refractivity contribution in [1.29, 1.82) is 0 Å². The molecule has 1 rings (SSSR count). The summed E-state index contributed by atoms with van der Waals surface area (Å²) in [6, 6.07) is 4.88. The lowest BCUT2D eigenvalue weighted by Crippen LogP contribution is -2.22. The summed E-state index contributed by atoms with van der Waals surface area (Å²) in [6.45, 7) is 9.52. The summed E-state index contributed by atoms with van der Waals surface area (Å²) in [5, 5.41) is 14.2. The van der Waals surface area contributed by atoms with Gasteiger partial charge in [-0.15, -0.1) is 0 Å². The number of rotatable bonds is 7. The number of ether oxygens (including phenoxy) is 1. The SMILES string of the molecule is CCOc1cc(NCC(C)(C)CC)ccc1[N+](=O)[O-]. The first-order valence-corrected chi connectivity index (χ1v) is 6.54. The molecule has 0 fully saturated rings. The average Bonchev–Trinajstić information content (AvgIpc) is 2.37. The normalized spacial score (nSPS) is 11.2. The van der Waals surface area contributed by atoms with Crippen LogP contribution < -0.4 is 10.1 Å². The van der Waals surface area contributed by atoms with Gasteiger partial charge in [0.2, 0.25) is 0 Å². The van der Waals surface area contributed by atoms with Gasteiger partial charge in [-0.05, 0) is 24.8 Å². The van der Waals surface area contributed by atoms with Crippen LogP contribution in [0.5, 0.6) is 5.75 Å². The van der Waals surface area contributed by atoms with E-state index in [1.54, 1.807) is 12.1 Å². The van der Waals surface area contributed by atoms with E-state index < -0.39 is 4.92 Å². The van der Waals surface area contributed by atoms with Crippen molar-refractivity contribution < 1.29 is 9.66 Å². The highest BCUT2D eigenvalue weighted by Crippen LogP contribution is 2.30. The van der Waals surface area contributed by atoms with Gasteiger partial charge in [0.05, 0.1) is 11.5 Å². The molecule has 1 aromatic rings. The second-order valence-electron chi connectivity index (χ2n) is 5.24. The molecule has 0 bridgehead atoms. The van der Waals surface area contributed by atoms with Crippen molar-refractivity contribution in [1.82, 2.24) is 0 Å². The molecule has 19 heavy (non-hydrogen) atoms. The molecule has 0 radical (unpaired) electrons. The summed E-state index contributed by atoms with van der Waals surface area (Å²) < 4.78 is 5.32. The monoisotopic (exact) mass is 266 g/mol. The molecular formula is C14H22N2O3. The summed E-state index contributed by atoms with van der Waals surface area (Å²) in [6.07, 6.45) is 1.06. The number of nitrogens with zero attached hydrogens (tertiary/aromatic N) is 1. The summed E-state index contributed by atoms with van der Waals surface area (Å²) >= 11 is 0. The zero-order chi connectivity index (χ0) is 14.5. The molecule has 0 aliphatic heterocycles. The van der Waals surface area contributed by atoms with Gasteiger partial charge in [0.15, 0.2) is 5.75 Å². The molecule has 0 amide bonds. The van der Waals surface area contributed by atoms with Gasteiger partial charge in [-0.1, -0.05) is 20.8 Å². The Morgan fingerprint density at radius 2 is 2.05 bits per heavy atom. The molecule has 5 nitrogen and oxygen atoms in total. The van der Waals surface area contributed by atoms with Crippen LogP contribution in [0, 0.1) is 15.5 Å². The lowest BCUT2D eigenvalue weighted by atomic mass is 9.90. The number of nitro groups is 1. The maximum absolute atomic E-state index is 10.9. The second-order valence-corrected chi connectivity index (χ2v) is 5.24. The Morgan fingerprint density at radius 3 is 2.58 bits per heavy atom. The van der Waals surface area contributed by atoms with E-state index in [1.165, 1.54) is 6.07 Å². The van der Waals surface area contributed by atoms with Crippen LogP contribution in [0.2, 0.25) is 0 Å². The zero-order valence-electron chi connectivity index (χ0n) is 12.0. The zero-order valence-corrected chi connectivity index (χ0v) is 12.0. The summed E-state index contributed by atoms with van der Waals surface area (Å²) in [5.41, 5.74) is 1.03. The Morgan fingerprint density at radius 1 is 1.37 bits per heavy atom. The fourth-order valence-electron chi connectivity index (χ4n) is 1.51. The molecule has 0 aliphatic rings. The van der Waals surface area contributed by atoms with Crippen molar-refractivity contribution in [3.05, 3.63) is 28.3 Å². The third-order valence-electron chi connectivity index (χ3n) is 3.18. The van der Waals surface area contributed by atoms with E-state index in [0.29, 0.717) is 12.4 Å². The summed E-state index contributed by atoms with van der Waals surface area (Å²) in [7, 11) is 0. The number of hydrogen-bond donors (Lipinski definition) is 1. The fraction of sp³-hybridized carbons (Fsp3) is 0.571. The lowest BCUT2D eigenvalue weighted by Gasteiger charge is -2.23. The highest BCUT2D eigenvalue weighted by Gasteiger charge is 2.17. The first-order valence-electron chi connectivity index (χ1n) is 6.54. The molecule has 1 N–H and O–H groups in total. The van der Waals surface area contributed by atoms with E-state index in [1.807, 2.05) is 6.92 Å². The van der Waals surface area contributed by atoms with Gasteiger partial charge in [0.1, 0.15) is 0 Å². The maximum atomic E-state index is 10.9. The molecule has 106 valence electrons. The van der Waals surface area contributed by atoms with Crippen molar-refractivity contribution in [3.63, 3.8) is 0 Å². The standard InChI is InChI=1S/C14H22N2O3/c1-5-14(3,4)10-15-11-7-8-12(16(17)18)13(9-11)19-6-2/h7-9,15H,5-6,10H2,1-4H3. The minimum absolute atomic E-state index is 0.00199. The third-order valence-corrected chi connectivity index (χ3v) is 3.18. The van der Waals surface area contributed by atoms with Crippen molar-refractivity contribution in [2.45, 2.75) is 34.1 Å². The number of hydrogen-bond acceptors (Lipinski definition) is 4. The Balaban J connectivity index is 2.86. The van der Waals surface area contributed by atoms with Gasteiger partial charge in [-0.25, -0.2) is 0 Å². The van der Waals surface area contributed by atoms with Gasteiger partial charge in [0.25, 0.3) is 0 Å². The smallest absolute Gasteiger partial charge is 0.311 e. The van der Waals surface area contributed by atoms with E-state index in [0.717, 1.165) is 18.7 Å². The predicted octanol–water partition coefficient (Wildman–Crippen LogP) is 3.84. The predicted molar refractivity (Wildman–Crippen MR) is 76.8 cm³/mol. The van der Waals surface area contributed by atoms with Crippen molar-refractivity contribution in [3.8, 4) is 5.75 Å². The molecule has 0 spiro atoms. The van der Waals surface area contributed by atoms with Crippen LogP contribution in [0.15, 0.2) is 18.2 Å². The minimum Gasteiger partial charge on any atom is -0.487 e. The van der Waals surface area contributed by atoms with Crippen LogP contribution in [0.1, 0.15) is 34.1 Å². The van der Waals surface area contributed by atoms with Crippen LogP contribution in [0.25, 0.3) is 0 Å². The topological polar surface area (TPSA) is 64.4 Å². The van der Waals surface area contributed by atoms with Crippen LogP contribution in [0.3, 0.4) is 0 Å². The average molecular weight is 266 g/mol. The van der Waals surface area contributed by atoms with Crippen LogP contribution in [-0.2, 0) is 0 Å².